The monoisotopic (exact) mass is 397 g/mol. The first-order chi connectivity index (χ1) is 14.1. The highest BCUT2D eigenvalue weighted by atomic mass is 16.5. The molecule has 1 fully saturated rings. The van der Waals surface area contributed by atoms with Crippen molar-refractivity contribution in [2.45, 2.75) is 33.6 Å². The van der Waals surface area contributed by atoms with Crippen LogP contribution in [0, 0.1) is 6.92 Å². The SMILES string of the molecule is CCCCOc1ccc(C(=O)N2CCN(c3cc(C)nc(NCC)n3)CC2)cc1. The van der Waals surface area contributed by atoms with Crippen molar-refractivity contribution >= 4 is 17.7 Å². The number of hydrogen-bond donors (Lipinski definition) is 1. The van der Waals surface area contributed by atoms with Crippen LogP contribution >= 0.6 is 0 Å². The number of amides is 1. The molecular weight excluding hydrogens is 366 g/mol. The standard InChI is InChI=1S/C22H31N5O2/c1-4-6-15-29-19-9-7-18(8-10-19)21(28)27-13-11-26(12-14-27)20-16-17(3)24-22(25-20)23-5-2/h7-10,16H,4-6,11-15H2,1-3H3,(H,23,24,25). The second kappa shape index (κ2) is 10.1. The first-order valence-electron chi connectivity index (χ1n) is 10.5. The second-order valence-corrected chi connectivity index (χ2v) is 7.23. The lowest BCUT2D eigenvalue weighted by Crippen LogP contribution is -2.49. The summed E-state index contributed by atoms with van der Waals surface area (Å²) in [5.41, 5.74) is 1.64. The Morgan fingerprint density at radius 1 is 1.10 bits per heavy atom. The Bertz CT molecular complexity index is 801. The Balaban J connectivity index is 1.57. The average Bonchev–Trinajstić information content (AvgIpc) is 2.74. The van der Waals surface area contributed by atoms with E-state index in [1.807, 2.05) is 49.1 Å². The van der Waals surface area contributed by atoms with Crippen molar-refractivity contribution in [2.24, 2.45) is 0 Å². The van der Waals surface area contributed by atoms with Crippen molar-refractivity contribution < 1.29 is 9.53 Å². The Kier molecular flexibility index (Phi) is 7.27. The molecule has 7 heteroatoms. The number of nitrogens with zero attached hydrogens (tertiary/aromatic N) is 4. The predicted octanol–water partition coefficient (Wildman–Crippen LogP) is 3.36. The van der Waals surface area contributed by atoms with Gasteiger partial charge in [0, 0.05) is 50.0 Å². The zero-order valence-electron chi connectivity index (χ0n) is 17.6. The summed E-state index contributed by atoms with van der Waals surface area (Å²) < 4.78 is 5.68. The molecule has 0 spiro atoms. The minimum absolute atomic E-state index is 0.0666. The number of ether oxygens (including phenoxy) is 1. The summed E-state index contributed by atoms with van der Waals surface area (Å²) in [7, 11) is 0. The fraction of sp³-hybridized carbons (Fsp3) is 0.500. The number of anilines is 2. The molecule has 1 amide bonds. The summed E-state index contributed by atoms with van der Waals surface area (Å²) in [6.07, 6.45) is 2.14. The summed E-state index contributed by atoms with van der Waals surface area (Å²) >= 11 is 0. The molecule has 0 saturated carbocycles. The summed E-state index contributed by atoms with van der Waals surface area (Å²) in [4.78, 5) is 26.0. The third kappa shape index (κ3) is 5.59. The molecule has 1 aromatic carbocycles. The smallest absolute Gasteiger partial charge is 0.253 e. The third-order valence-corrected chi connectivity index (χ3v) is 4.93. The lowest BCUT2D eigenvalue weighted by Gasteiger charge is -2.35. The zero-order valence-corrected chi connectivity index (χ0v) is 17.6. The van der Waals surface area contributed by atoms with Gasteiger partial charge in [0.25, 0.3) is 5.91 Å². The largest absolute Gasteiger partial charge is 0.494 e. The Morgan fingerprint density at radius 2 is 1.83 bits per heavy atom. The van der Waals surface area contributed by atoms with Gasteiger partial charge in [-0.25, -0.2) is 4.98 Å². The van der Waals surface area contributed by atoms with E-state index in [0.29, 0.717) is 31.2 Å². The van der Waals surface area contributed by atoms with Crippen molar-refractivity contribution in [1.29, 1.82) is 0 Å². The van der Waals surface area contributed by atoms with Crippen LogP contribution in [0.4, 0.5) is 11.8 Å². The summed E-state index contributed by atoms with van der Waals surface area (Å²) in [6.45, 7) is 10.5. The van der Waals surface area contributed by atoms with Crippen LogP contribution in [-0.2, 0) is 0 Å². The van der Waals surface area contributed by atoms with Crippen LogP contribution in [0.25, 0.3) is 0 Å². The van der Waals surface area contributed by atoms with Gasteiger partial charge in [0.15, 0.2) is 0 Å². The molecule has 1 aliphatic heterocycles. The molecule has 7 nitrogen and oxygen atoms in total. The molecule has 1 N–H and O–H groups in total. The topological polar surface area (TPSA) is 70.6 Å². The molecule has 29 heavy (non-hydrogen) atoms. The molecule has 0 radical (unpaired) electrons. The number of nitrogens with one attached hydrogen (secondary N) is 1. The molecule has 0 bridgehead atoms. The van der Waals surface area contributed by atoms with E-state index in [9.17, 15) is 4.79 Å². The van der Waals surface area contributed by atoms with E-state index in [0.717, 1.165) is 49.7 Å². The molecule has 0 unspecified atom stereocenters. The van der Waals surface area contributed by atoms with Gasteiger partial charge >= 0.3 is 0 Å². The lowest BCUT2D eigenvalue weighted by molar-refractivity contribution is 0.0746. The molecule has 1 aliphatic rings. The van der Waals surface area contributed by atoms with Crippen LogP contribution in [0.1, 0.15) is 42.7 Å². The highest BCUT2D eigenvalue weighted by Gasteiger charge is 2.23. The second-order valence-electron chi connectivity index (χ2n) is 7.23. The molecule has 156 valence electrons. The first-order valence-corrected chi connectivity index (χ1v) is 10.5. The summed E-state index contributed by atoms with van der Waals surface area (Å²) in [6, 6.07) is 9.46. The van der Waals surface area contributed by atoms with E-state index in [1.165, 1.54) is 0 Å². The lowest BCUT2D eigenvalue weighted by atomic mass is 10.1. The minimum Gasteiger partial charge on any atom is -0.494 e. The van der Waals surface area contributed by atoms with Gasteiger partial charge in [-0.05, 0) is 44.5 Å². The molecule has 3 rings (SSSR count). The van der Waals surface area contributed by atoms with Crippen molar-refractivity contribution in [3.05, 3.63) is 41.6 Å². The highest BCUT2D eigenvalue weighted by molar-refractivity contribution is 5.94. The van der Waals surface area contributed by atoms with Crippen molar-refractivity contribution in [3.63, 3.8) is 0 Å². The maximum atomic E-state index is 12.8. The number of piperazine rings is 1. The molecule has 2 aromatic rings. The first kappa shape index (κ1) is 20.9. The molecule has 1 saturated heterocycles. The highest BCUT2D eigenvalue weighted by Crippen LogP contribution is 2.19. The number of unbranched alkanes of at least 4 members (excludes halogenated alkanes) is 1. The van der Waals surface area contributed by atoms with E-state index in [-0.39, 0.29) is 5.91 Å². The maximum absolute atomic E-state index is 12.8. The van der Waals surface area contributed by atoms with Gasteiger partial charge in [0.1, 0.15) is 11.6 Å². The van der Waals surface area contributed by atoms with Crippen LogP contribution < -0.4 is 15.0 Å². The van der Waals surface area contributed by atoms with Crippen LogP contribution in [-0.4, -0.2) is 60.1 Å². The number of rotatable bonds is 8. The Hall–Kier alpha value is -2.83. The molecule has 2 heterocycles. The van der Waals surface area contributed by atoms with Crippen molar-refractivity contribution in [3.8, 4) is 5.75 Å². The number of carbonyl (C=O) groups is 1. The van der Waals surface area contributed by atoms with E-state index in [4.69, 9.17) is 4.74 Å². The Labute approximate surface area is 173 Å². The number of aryl methyl sites for hydroxylation is 1. The van der Waals surface area contributed by atoms with E-state index in [2.05, 4.69) is 27.1 Å². The van der Waals surface area contributed by atoms with Gasteiger partial charge in [0.05, 0.1) is 6.61 Å². The predicted molar refractivity (Wildman–Crippen MR) is 116 cm³/mol. The van der Waals surface area contributed by atoms with Crippen molar-refractivity contribution in [2.75, 3.05) is 49.5 Å². The van der Waals surface area contributed by atoms with E-state index < -0.39 is 0 Å². The zero-order chi connectivity index (χ0) is 20.6. The molecule has 0 aliphatic carbocycles. The summed E-state index contributed by atoms with van der Waals surface area (Å²) in [5.74, 6) is 2.45. The number of carbonyl (C=O) groups excluding carboxylic acids is 1. The van der Waals surface area contributed by atoms with Gasteiger partial charge in [-0.1, -0.05) is 13.3 Å². The van der Waals surface area contributed by atoms with E-state index >= 15 is 0 Å². The van der Waals surface area contributed by atoms with E-state index in [1.54, 1.807) is 0 Å². The van der Waals surface area contributed by atoms with Crippen LogP contribution in [0.2, 0.25) is 0 Å². The summed E-state index contributed by atoms with van der Waals surface area (Å²) in [5, 5.41) is 3.17. The van der Waals surface area contributed by atoms with Crippen molar-refractivity contribution in [1.82, 2.24) is 14.9 Å². The fourth-order valence-corrected chi connectivity index (χ4v) is 3.30. The van der Waals surface area contributed by atoms with Gasteiger partial charge in [0.2, 0.25) is 5.95 Å². The van der Waals surface area contributed by atoms with Crippen LogP contribution in [0.3, 0.4) is 0 Å². The number of hydrogen-bond acceptors (Lipinski definition) is 6. The number of benzene rings is 1. The quantitative estimate of drug-likeness (QED) is 0.689. The average molecular weight is 398 g/mol. The van der Waals surface area contributed by atoms with Gasteiger partial charge in [-0.3, -0.25) is 4.79 Å². The van der Waals surface area contributed by atoms with Gasteiger partial charge < -0.3 is 19.9 Å². The molecular formula is C22H31N5O2. The Morgan fingerprint density at radius 3 is 2.48 bits per heavy atom. The van der Waals surface area contributed by atoms with Crippen LogP contribution in [0.5, 0.6) is 5.75 Å². The van der Waals surface area contributed by atoms with Gasteiger partial charge in [-0.2, -0.15) is 4.98 Å². The molecule has 1 aromatic heterocycles. The van der Waals surface area contributed by atoms with Crippen LogP contribution in [0.15, 0.2) is 30.3 Å². The minimum atomic E-state index is 0.0666. The normalized spacial score (nSPS) is 14.0. The number of aromatic nitrogens is 2. The third-order valence-electron chi connectivity index (χ3n) is 4.93. The maximum Gasteiger partial charge on any atom is 0.253 e. The molecule has 0 atom stereocenters. The fourth-order valence-electron chi connectivity index (χ4n) is 3.30. The van der Waals surface area contributed by atoms with Gasteiger partial charge in [-0.15, -0.1) is 0 Å².